The number of carbonyl (C=O) groups excluding carboxylic acids is 1. The number of carbonyl (C=O) groups is 1. The standard InChI is InChI=1S/C16H31NO2/c1-5-6-7-13(4)16(18)17-14-8-10-15(11-9-14)19-12(2)3/h12-15H,5-11H2,1-4H3,(H,17,18)/t13-,14?,15?/m1/s1. The Morgan fingerprint density at radius 3 is 2.37 bits per heavy atom. The van der Waals surface area contributed by atoms with Gasteiger partial charge in [-0.05, 0) is 46.0 Å². The van der Waals surface area contributed by atoms with Gasteiger partial charge in [0.05, 0.1) is 12.2 Å². The van der Waals surface area contributed by atoms with Gasteiger partial charge in [-0.1, -0.05) is 26.7 Å². The fourth-order valence-corrected chi connectivity index (χ4v) is 2.71. The molecular weight excluding hydrogens is 238 g/mol. The van der Waals surface area contributed by atoms with Crippen molar-refractivity contribution < 1.29 is 9.53 Å². The lowest BCUT2D eigenvalue weighted by molar-refractivity contribution is -0.126. The lowest BCUT2D eigenvalue weighted by Crippen LogP contribution is -2.41. The van der Waals surface area contributed by atoms with Crippen molar-refractivity contribution in [1.29, 1.82) is 0 Å². The van der Waals surface area contributed by atoms with Crippen molar-refractivity contribution in [1.82, 2.24) is 5.32 Å². The molecule has 0 radical (unpaired) electrons. The summed E-state index contributed by atoms with van der Waals surface area (Å²) < 4.78 is 5.83. The molecule has 1 fully saturated rings. The molecule has 1 amide bonds. The van der Waals surface area contributed by atoms with E-state index < -0.39 is 0 Å². The van der Waals surface area contributed by atoms with Crippen molar-refractivity contribution >= 4 is 5.91 Å². The summed E-state index contributed by atoms with van der Waals surface area (Å²) in [7, 11) is 0. The van der Waals surface area contributed by atoms with Gasteiger partial charge in [0.2, 0.25) is 5.91 Å². The fourth-order valence-electron chi connectivity index (χ4n) is 2.71. The van der Waals surface area contributed by atoms with Crippen LogP contribution in [0.4, 0.5) is 0 Å². The quantitative estimate of drug-likeness (QED) is 0.766. The molecule has 0 heterocycles. The zero-order valence-electron chi connectivity index (χ0n) is 13.1. The van der Waals surface area contributed by atoms with Crippen LogP contribution in [0.1, 0.15) is 72.6 Å². The largest absolute Gasteiger partial charge is 0.376 e. The molecule has 0 aliphatic heterocycles. The van der Waals surface area contributed by atoms with Crippen LogP contribution in [0.3, 0.4) is 0 Å². The molecule has 0 bridgehead atoms. The molecule has 3 heteroatoms. The van der Waals surface area contributed by atoms with Crippen LogP contribution in [0.25, 0.3) is 0 Å². The summed E-state index contributed by atoms with van der Waals surface area (Å²) in [5, 5.41) is 3.21. The first-order valence-corrected chi connectivity index (χ1v) is 7.98. The first-order chi connectivity index (χ1) is 9.02. The van der Waals surface area contributed by atoms with Gasteiger partial charge in [-0.15, -0.1) is 0 Å². The normalized spacial score (nSPS) is 25.3. The number of amides is 1. The Labute approximate surface area is 118 Å². The summed E-state index contributed by atoms with van der Waals surface area (Å²) in [6.45, 7) is 8.38. The summed E-state index contributed by atoms with van der Waals surface area (Å²) in [6, 6.07) is 0.364. The van der Waals surface area contributed by atoms with E-state index >= 15 is 0 Å². The zero-order valence-corrected chi connectivity index (χ0v) is 13.1. The van der Waals surface area contributed by atoms with Crippen LogP contribution < -0.4 is 5.32 Å². The van der Waals surface area contributed by atoms with Crippen LogP contribution in [0, 0.1) is 5.92 Å². The number of rotatable bonds is 7. The van der Waals surface area contributed by atoms with Gasteiger partial charge in [0.15, 0.2) is 0 Å². The van der Waals surface area contributed by atoms with E-state index in [1.165, 1.54) is 0 Å². The number of ether oxygens (including phenoxy) is 1. The molecule has 1 atom stereocenters. The van der Waals surface area contributed by atoms with Crippen LogP contribution in [-0.4, -0.2) is 24.2 Å². The molecule has 112 valence electrons. The minimum absolute atomic E-state index is 0.157. The summed E-state index contributed by atoms with van der Waals surface area (Å²) in [5.74, 6) is 0.395. The van der Waals surface area contributed by atoms with Gasteiger partial charge in [-0.3, -0.25) is 4.79 Å². The lowest BCUT2D eigenvalue weighted by atomic mass is 9.92. The summed E-state index contributed by atoms with van der Waals surface area (Å²) in [6.07, 6.45) is 8.29. The Bertz CT molecular complexity index is 257. The molecule has 0 aromatic carbocycles. The highest BCUT2D eigenvalue weighted by Gasteiger charge is 2.24. The molecule has 0 spiro atoms. The van der Waals surface area contributed by atoms with Gasteiger partial charge in [0.25, 0.3) is 0 Å². The summed E-state index contributed by atoms with van der Waals surface area (Å²) >= 11 is 0. The maximum Gasteiger partial charge on any atom is 0.223 e. The van der Waals surface area contributed by atoms with E-state index in [1.54, 1.807) is 0 Å². The van der Waals surface area contributed by atoms with Gasteiger partial charge in [0, 0.05) is 12.0 Å². The average molecular weight is 269 g/mol. The minimum atomic E-state index is 0.157. The molecule has 1 aliphatic rings. The molecule has 1 rings (SSSR count). The van der Waals surface area contributed by atoms with Crippen molar-refractivity contribution in [3.8, 4) is 0 Å². The highest BCUT2D eigenvalue weighted by atomic mass is 16.5. The third-order valence-corrected chi connectivity index (χ3v) is 3.92. The van der Waals surface area contributed by atoms with Gasteiger partial charge in [0.1, 0.15) is 0 Å². The highest BCUT2D eigenvalue weighted by Crippen LogP contribution is 2.22. The van der Waals surface area contributed by atoms with Gasteiger partial charge >= 0.3 is 0 Å². The minimum Gasteiger partial charge on any atom is -0.376 e. The van der Waals surface area contributed by atoms with Crippen LogP contribution in [0.15, 0.2) is 0 Å². The Kier molecular flexibility index (Phi) is 7.44. The molecule has 0 aromatic heterocycles. The SMILES string of the molecule is CCCC[C@@H](C)C(=O)NC1CCC(OC(C)C)CC1. The van der Waals surface area contributed by atoms with Crippen molar-refractivity contribution in [2.24, 2.45) is 5.92 Å². The average Bonchev–Trinajstić information content (AvgIpc) is 2.37. The third-order valence-electron chi connectivity index (χ3n) is 3.92. The molecular formula is C16H31NO2. The summed E-state index contributed by atoms with van der Waals surface area (Å²) in [5.41, 5.74) is 0. The Balaban J connectivity index is 2.23. The Morgan fingerprint density at radius 1 is 1.21 bits per heavy atom. The zero-order chi connectivity index (χ0) is 14.3. The number of hydrogen-bond acceptors (Lipinski definition) is 2. The maximum atomic E-state index is 12.0. The van der Waals surface area contributed by atoms with Gasteiger partial charge in [-0.2, -0.15) is 0 Å². The predicted molar refractivity (Wildman–Crippen MR) is 79.1 cm³/mol. The van der Waals surface area contributed by atoms with Gasteiger partial charge < -0.3 is 10.1 Å². The van der Waals surface area contributed by atoms with Crippen LogP contribution in [0.2, 0.25) is 0 Å². The maximum absolute atomic E-state index is 12.0. The van der Waals surface area contributed by atoms with E-state index in [9.17, 15) is 4.79 Å². The molecule has 0 saturated heterocycles. The Morgan fingerprint density at radius 2 is 1.84 bits per heavy atom. The topological polar surface area (TPSA) is 38.3 Å². The van der Waals surface area contributed by atoms with E-state index in [0.717, 1.165) is 44.9 Å². The first-order valence-electron chi connectivity index (χ1n) is 7.98. The predicted octanol–water partition coefficient (Wildman–Crippen LogP) is 3.67. The third kappa shape index (κ3) is 6.42. The second-order valence-electron chi connectivity index (χ2n) is 6.21. The lowest BCUT2D eigenvalue weighted by Gasteiger charge is -2.31. The number of nitrogens with one attached hydrogen (secondary N) is 1. The van der Waals surface area contributed by atoms with Crippen LogP contribution >= 0.6 is 0 Å². The van der Waals surface area contributed by atoms with E-state index in [4.69, 9.17) is 4.74 Å². The smallest absolute Gasteiger partial charge is 0.223 e. The van der Waals surface area contributed by atoms with Crippen molar-refractivity contribution in [3.05, 3.63) is 0 Å². The van der Waals surface area contributed by atoms with Crippen molar-refractivity contribution in [3.63, 3.8) is 0 Å². The van der Waals surface area contributed by atoms with Crippen molar-refractivity contribution in [2.75, 3.05) is 0 Å². The Hall–Kier alpha value is -0.570. The molecule has 1 N–H and O–H groups in total. The van der Waals surface area contributed by atoms with E-state index in [-0.39, 0.29) is 11.8 Å². The number of unbranched alkanes of at least 4 members (excludes halogenated alkanes) is 1. The van der Waals surface area contributed by atoms with E-state index in [0.29, 0.717) is 18.2 Å². The number of hydrogen-bond donors (Lipinski definition) is 1. The second kappa shape index (κ2) is 8.57. The second-order valence-corrected chi connectivity index (χ2v) is 6.21. The monoisotopic (exact) mass is 269 g/mol. The van der Waals surface area contributed by atoms with E-state index in [2.05, 4.69) is 26.1 Å². The molecule has 1 saturated carbocycles. The molecule has 0 unspecified atom stereocenters. The van der Waals surface area contributed by atoms with E-state index in [1.807, 2.05) is 6.92 Å². The molecule has 19 heavy (non-hydrogen) atoms. The van der Waals surface area contributed by atoms with Gasteiger partial charge in [-0.25, -0.2) is 0 Å². The molecule has 3 nitrogen and oxygen atoms in total. The van der Waals surface area contributed by atoms with Crippen molar-refractivity contribution in [2.45, 2.75) is 90.9 Å². The fraction of sp³-hybridized carbons (Fsp3) is 0.938. The van der Waals surface area contributed by atoms with Crippen LogP contribution in [0.5, 0.6) is 0 Å². The summed E-state index contributed by atoms with van der Waals surface area (Å²) in [4.78, 5) is 12.0. The van der Waals surface area contributed by atoms with Crippen LogP contribution in [-0.2, 0) is 9.53 Å². The molecule has 0 aromatic rings. The highest BCUT2D eigenvalue weighted by molar-refractivity contribution is 5.78. The molecule has 1 aliphatic carbocycles. The first kappa shape index (κ1) is 16.5.